The van der Waals surface area contributed by atoms with Crippen LogP contribution in [-0.4, -0.2) is 6.54 Å². The van der Waals surface area contributed by atoms with Gasteiger partial charge in [0.2, 0.25) is 0 Å². The van der Waals surface area contributed by atoms with E-state index in [0.29, 0.717) is 5.92 Å². The average Bonchev–Trinajstić information content (AvgIpc) is 2.25. The van der Waals surface area contributed by atoms with Gasteiger partial charge in [0, 0.05) is 12.2 Å². The van der Waals surface area contributed by atoms with E-state index in [1.165, 1.54) is 25.7 Å². The summed E-state index contributed by atoms with van der Waals surface area (Å²) >= 11 is 0. The minimum absolute atomic E-state index is 0.662. The predicted molar refractivity (Wildman–Crippen MR) is 74.4 cm³/mol. The molecule has 0 saturated heterocycles. The van der Waals surface area contributed by atoms with Crippen LogP contribution in [0.2, 0.25) is 0 Å². The fraction of sp³-hybridized carbons (Fsp3) is 0.600. The van der Waals surface area contributed by atoms with E-state index < -0.39 is 0 Å². The molecule has 0 fully saturated rings. The first kappa shape index (κ1) is 15.0. The van der Waals surface area contributed by atoms with Gasteiger partial charge in [-0.2, -0.15) is 0 Å². The summed E-state index contributed by atoms with van der Waals surface area (Å²) < 4.78 is 0. The van der Waals surface area contributed by atoms with Crippen LogP contribution in [0.15, 0.2) is 36.6 Å². The number of allylic oxidation sites excluding steroid dienone is 4. The Hall–Kier alpha value is -0.980. The van der Waals surface area contributed by atoms with Crippen LogP contribution in [0.5, 0.6) is 0 Å². The maximum Gasteiger partial charge on any atom is 0.0267 e. The van der Waals surface area contributed by atoms with Crippen LogP contribution >= 0.6 is 0 Å². The molecule has 92 valence electrons. The zero-order valence-electron chi connectivity index (χ0n) is 11.1. The van der Waals surface area contributed by atoms with E-state index in [9.17, 15) is 0 Å². The van der Waals surface area contributed by atoms with E-state index in [-0.39, 0.29) is 0 Å². The summed E-state index contributed by atoms with van der Waals surface area (Å²) in [7, 11) is 0. The summed E-state index contributed by atoms with van der Waals surface area (Å²) in [5.41, 5.74) is 0.993. The third-order valence-electron chi connectivity index (χ3n) is 2.26. The van der Waals surface area contributed by atoms with Crippen molar-refractivity contribution in [3.8, 4) is 0 Å². The van der Waals surface area contributed by atoms with Crippen LogP contribution in [0.3, 0.4) is 0 Å². The lowest BCUT2D eigenvalue weighted by Crippen LogP contribution is -2.17. The standard InChI is InChI=1S/C15H27N/c1-5-6-7-8-9-10-11-12-15(4)16-13-14(2)3/h9-12,14,16H,4-8,13H2,1-3H3/b10-9-,12-11+. The lowest BCUT2D eigenvalue weighted by Gasteiger charge is -2.07. The molecule has 0 unspecified atom stereocenters. The predicted octanol–water partition coefficient (Wildman–Crippen LogP) is 4.44. The van der Waals surface area contributed by atoms with E-state index in [1.54, 1.807) is 0 Å². The molecule has 0 atom stereocenters. The number of nitrogens with one attached hydrogen (secondary N) is 1. The summed E-state index contributed by atoms with van der Waals surface area (Å²) in [5, 5.41) is 3.28. The van der Waals surface area contributed by atoms with Crippen molar-refractivity contribution in [3.63, 3.8) is 0 Å². The van der Waals surface area contributed by atoms with Gasteiger partial charge in [-0.3, -0.25) is 0 Å². The molecule has 0 amide bonds. The smallest absolute Gasteiger partial charge is 0.0267 e. The zero-order chi connectivity index (χ0) is 12.2. The number of hydrogen-bond acceptors (Lipinski definition) is 1. The van der Waals surface area contributed by atoms with Crippen LogP contribution in [-0.2, 0) is 0 Å². The van der Waals surface area contributed by atoms with Crippen molar-refractivity contribution in [1.82, 2.24) is 5.32 Å². The van der Waals surface area contributed by atoms with Crippen molar-refractivity contribution in [2.24, 2.45) is 5.92 Å². The molecule has 1 heteroatoms. The van der Waals surface area contributed by atoms with Gasteiger partial charge in [-0.05, 0) is 24.8 Å². The summed E-state index contributed by atoms with van der Waals surface area (Å²) in [6, 6.07) is 0. The Labute approximate surface area is 101 Å². The van der Waals surface area contributed by atoms with Crippen molar-refractivity contribution in [2.45, 2.75) is 46.5 Å². The Morgan fingerprint density at radius 2 is 2.00 bits per heavy atom. The van der Waals surface area contributed by atoms with Crippen LogP contribution in [0, 0.1) is 5.92 Å². The number of rotatable bonds is 9. The third kappa shape index (κ3) is 11.1. The molecule has 0 spiro atoms. The van der Waals surface area contributed by atoms with Gasteiger partial charge in [-0.25, -0.2) is 0 Å². The van der Waals surface area contributed by atoms with Gasteiger partial charge in [-0.1, -0.05) is 58.4 Å². The van der Waals surface area contributed by atoms with Crippen molar-refractivity contribution in [2.75, 3.05) is 6.54 Å². The van der Waals surface area contributed by atoms with Gasteiger partial charge in [0.15, 0.2) is 0 Å². The van der Waals surface area contributed by atoms with Gasteiger partial charge >= 0.3 is 0 Å². The van der Waals surface area contributed by atoms with Crippen molar-refractivity contribution in [3.05, 3.63) is 36.6 Å². The van der Waals surface area contributed by atoms with Crippen molar-refractivity contribution < 1.29 is 0 Å². The maximum absolute atomic E-state index is 3.94. The van der Waals surface area contributed by atoms with Crippen molar-refractivity contribution in [1.29, 1.82) is 0 Å². The second-order valence-corrected chi connectivity index (χ2v) is 4.58. The van der Waals surface area contributed by atoms with E-state index >= 15 is 0 Å². The summed E-state index contributed by atoms with van der Waals surface area (Å²) in [4.78, 5) is 0. The lowest BCUT2D eigenvalue weighted by atomic mass is 10.2. The van der Waals surface area contributed by atoms with Crippen LogP contribution in [0.1, 0.15) is 46.5 Å². The van der Waals surface area contributed by atoms with E-state index in [2.05, 4.69) is 50.9 Å². The molecule has 0 aromatic carbocycles. The van der Waals surface area contributed by atoms with Gasteiger partial charge in [0.1, 0.15) is 0 Å². The highest BCUT2D eigenvalue weighted by atomic mass is 14.9. The molecule has 0 bridgehead atoms. The monoisotopic (exact) mass is 221 g/mol. The molecule has 0 aromatic rings. The van der Waals surface area contributed by atoms with Gasteiger partial charge in [0.05, 0.1) is 0 Å². The molecule has 16 heavy (non-hydrogen) atoms. The average molecular weight is 221 g/mol. The second kappa shape index (κ2) is 10.5. The molecule has 0 heterocycles. The molecule has 0 aromatic heterocycles. The van der Waals surface area contributed by atoms with Gasteiger partial charge in [-0.15, -0.1) is 0 Å². The summed E-state index contributed by atoms with van der Waals surface area (Å²) in [6.07, 6.45) is 13.5. The highest BCUT2D eigenvalue weighted by molar-refractivity contribution is 5.17. The first-order chi connectivity index (χ1) is 7.66. The van der Waals surface area contributed by atoms with Gasteiger partial charge in [0.25, 0.3) is 0 Å². The SMILES string of the molecule is C=C(/C=C/C=C\CCCCC)NCC(C)C. The highest BCUT2D eigenvalue weighted by Crippen LogP contribution is 2.00. The van der Waals surface area contributed by atoms with Crippen LogP contribution < -0.4 is 5.32 Å². The minimum Gasteiger partial charge on any atom is -0.385 e. The summed E-state index contributed by atoms with van der Waals surface area (Å²) in [5.74, 6) is 0.662. The normalized spacial score (nSPS) is 11.8. The lowest BCUT2D eigenvalue weighted by molar-refractivity contribution is 0.602. The molecule has 0 rings (SSSR count). The minimum atomic E-state index is 0.662. The van der Waals surface area contributed by atoms with Crippen LogP contribution in [0.25, 0.3) is 0 Å². The Bertz CT molecular complexity index is 224. The molecular formula is C15H27N. The second-order valence-electron chi connectivity index (χ2n) is 4.58. The fourth-order valence-electron chi connectivity index (χ4n) is 1.25. The first-order valence-corrected chi connectivity index (χ1v) is 6.42. The fourth-order valence-corrected chi connectivity index (χ4v) is 1.25. The molecule has 0 radical (unpaired) electrons. The molecule has 0 aliphatic heterocycles. The van der Waals surface area contributed by atoms with E-state index in [1.807, 2.05) is 6.08 Å². The molecule has 0 aliphatic carbocycles. The Morgan fingerprint density at radius 1 is 1.25 bits per heavy atom. The first-order valence-electron chi connectivity index (χ1n) is 6.42. The van der Waals surface area contributed by atoms with E-state index in [0.717, 1.165) is 12.2 Å². The number of unbranched alkanes of at least 4 members (excludes halogenated alkanes) is 3. The Kier molecular flexibility index (Phi) is 9.89. The number of hydrogen-bond donors (Lipinski definition) is 1. The zero-order valence-corrected chi connectivity index (χ0v) is 11.1. The maximum atomic E-state index is 3.94. The van der Waals surface area contributed by atoms with Gasteiger partial charge < -0.3 is 5.32 Å². The molecule has 0 saturated carbocycles. The quantitative estimate of drug-likeness (QED) is 0.448. The molecule has 1 N–H and O–H groups in total. The molecule has 0 aliphatic rings. The highest BCUT2D eigenvalue weighted by Gasteiger charge is 1.91. The summed E-state index contributed by atoms with van der Waals surface area (Å²) in [6.45, 7) is 11.5. The van der Waals surface area contributed by atoms with E-state index in [4.69, 9.17) is 0 Å². The largest absolute Gasteiger partial charge is 0.385 e. The molecule has 1 nitrogen and oxygen atoms in total. The van der Waals surface area contributed by atoms with Crippen molar-refractivity contribution >= 4 is 0 Å². The third-order valence-corrected chi connectivity index (χ3v) is 2.26. The Morgan fingerprint density at radius 3 is 2.62 bits per heavy atom. The Balaban J connectivity index is 3.54. The van der Waals surface area contributed by atoms with Crippen LogP contribution in [0.4, 0.5) is 0 Å². The topological polar surface area (TPSA) is 12.0 Å². The molecular weight excluding hydrogens is 194 g/mol.